The van der Waals surface area contributed by atoms with E-state index in [-0.39, 0.29) is 5.91 Å². The van der Waals surface area contributed by atoms with E-state index < -0.39 is 0 Å². The number of carbonyl (C=O) groups excluding carboxylic acids is 1. The smallest absolute Gasteiger partial charge is 0.230 e. The molecule has 4 heteroatoms. The highest BCUT2D eigenvalue weighted by Gasteiger charge is 2.05. The Morgan fingerprint density at radius 2 is 2.26 bits per heavy atom. The number of amides is 1. The molecule has 0 heterocycles. The fourth-order valence-electron chi connectivity index (χ4n) is 2.63. The minimum absolute atomic E-state index is 0.127. The number of hydrogen-bond donors (Lipinski definition) is 1. The van der Waals surface area contributed by atoms with E-state index in [4.69, 9.17) is 4.74 Å². The van der Waals surface area contributed by atoms with Crippen LogP contribution in [0, 0.1) is 6.92 Å². The number of ether oxygens (including phenoxy) is 1. The van der Waals surface area contributed by atoms with Crippen LogP contribution in [0.2, 0.25) is 0 Å². The van der Waals surface area contributed by atoms with Gasteiger partial charge in [0.25, 0.3) is 0 Å². The molecular formula is C19H27NO2S. The molecule has 2 rings (SSSR count). The summed E-state index contributed by atoms with van der Waals surface area (Å²) in [7, 11) is 0. The number of aryl methyl sites for hydroxylation is 1. The molecule has 1 amide bonds. The highest BCUT2D eigenvalue weighted by atomic mass is 32.2. The lowest BCUT2D eigenvalue weighted by Gasteiger charge is -2.12. The first kappa shape index (κ1) is 17.9. The van der Waals surface area contributed by atoms with E-state index in [9.17, 15) is 4.79 Å². The number of allylic oxidation sites excluding steroid dienone is 1. The molecule has 0 atom stereocenters. The second-order valence-electron chi connectivity index (χ2n) is 5.93. The van der Waals surface area contributed by atoms with Gasteiger partial charge < -0.3 is 10.1 Å². The van der Waals surface area contributed by atoms with E-state index >= 15 is 0 Å². The quantitative estimate of drug-likeness (QED) is 0.546. The van der Waals surface area contributed by atoms with Crippen LogP contribution in [0.5, 0.6) is 5.75 Å². The first-order chi connectivity index (χ1) is 11.2. The van der Waals surface area contributed by atoms with Gasteiger partial charge in [-0.05, 0) is 56.7 Å². The maximum atomic E-state index is 11.8. The normalized spacial score (nSPS) is 14.2. The van der Waals surface area contributed by atoms with Gasteiger partial charge in [-0.3, -0.25) is 4.79 Å². The van der Waals surface area contributed by atoms with Gasteiger partial charge in [0.1, 0.15) is 5.75 Å². The molecule has 0 bridgehead atoms. The van der Waals surface area contributed by atoms with Crippen LogP contribution in [-0.2, 0) is 4.79 Å². The van der Waals surface area contributed by atoms with Crippen LogP contribution < -0.4 is 10.1 Å². The fraction of sp³-hybridized carbons (Fsp3) is 0.526. The number of carbonyl (C=O) groups is 1. The summed E-state index contributed by atoms with van der Waals surface area (Å²) in [5, 5.41) is 3.00. The van der Waals surface area contributed by atoms with Crippen molar-refractivity contribution in [1.82, 2.24) is 5.32 Å². The fourth-order valence-corrected chi connectivity index (χ4v) is 3.27. The SMILES string of the molecule is Cc1cccc(OCCSCC(=O)NCCC2=CCCCC2)c1. The van der Waals surface area contributed by atoms with Crippen molar-refractivity contribution in [3.63, 3.8) is 0 Å². The lowest BCUT2D eigenvalue weighted by atomic mass is 9.97. The average molecular weight is 333 g/mol. The summed E-state index contributed by atoms with van der Waals surface area (Å²) in [6.45, 7) is 3.45. The predicted octanol–water partition coefficient (Wildman–Crippen LogP) is 4.11. The summed E-state index contributed by atoms with van der Waals surface area (Å²) in [5.41, 5.74) is 2.71. The van der Waals surface area contributed by atoms with E-state index in [1.54, 1.807) is 11.8 Å². The molecule has 0 aromatic heterocycles. The molecule has 1 aliphatic rings. The predicted molar refractivity (Wildman–Crippen MR) is 98.2 cm³/mol. The van der Waals surface area contributed by atoms with Gasteiger partial charge in [0.05, 0.1) is 12.4 Å². The molecular weight excluding hydrogens is 306 g/mol. The minimum Gasteiger partial charge on any atom is -0.493 e. The second-order valence-corrected chi connectivity index (χ2v) is 7.03. The van der Waals surface area contributed by atoms with Gasteiger partial charge in [0, 0.05) is 12.3 Å². The Morgan fingerprint density at radius 1 is 1.35 bits per heavy atom. The Kier molecular flexibility index (Phi) is 8.08. The number of benzene rings is 1. The maximum Gasteiger partial charge on any atom is 0.230 e. The number of thioether (sulfide) groups is 1. The Balaban J connectivity index is 1.49. The van der Waals surface area contributed by atoms with Crippen LogP contribution in [0.25, 0.3) is 0 Å². The topological polar surface area (TPSA) is 38.3 Å². The molecule has 0 radical (unpaired) electrons. The van der Waals surface area contributed by atoms with Crippen molar-refractivity contribution < 1.29 is 9.53 Å². The molecule has 23 heavy (non-hydrogen) atoms. The maximum absolute atomic E-state index is 11.8. The highest BCUT2D eigenvalue weighted by Crippen LogP contribution is 2.19. The third kappa shape index (κ3) is 7.60. The lowest BCUT2D eigenvalue weighted by Crippen LogP contribution is -2.26. The van der Waals surface area contributed by atoms with Crippen molar-refractivity contribution >= 4 is 17.7 Å². The molecule has 1 N–H and O–H groups in total. The average Bonchev–Trinajstić information content (AvgIpc) is 2.55. The number of rotatable bonds is 9. The highest BCUT2D eigenvalue weighted by molar-refractivity contribution is 7.99. The summed E-state index contributed by atoms with van der Waals surface area (Å²) in [6.07, 6.45) is 8.38. The zero-order valence-corrected chi connectivity index (χ0v) is 14.8. The van der Waals surface area contributed by atoms with Crippen LogP contribution >= 0.6 is 11.8 Å². The summed E-state index contributed by atoms with van der Waals surface area (Å²) in [6, 6.07) is 8.03. The van der Waals surface area contributed by atoms with Gasteiger partial charge in [0.15, 0.2) is 0 Å². The molecule has 0 aliphatic heterocycles. The molecule has 3 nitrogen and oxygen atoms in total. The monoisotopic (exact) mass is 333 g/mol. The van der Waals surface area contributed by atoms with Gasteiger partial charge in [-0.15, -0.1) is 11.8 Å². The van der Waals surface area contributed by atoms with Gasteiger partial charge >= 0.3 is 0 Å². The number of nitrogens with one attached hydrogen (secondary N) is 1. The van der Waals surface area contributed by atoms with Crippen LogP contribution in [-0.4, -0.2) is 30.6 Å². The van der Waals surface area contributed by atoms with Crippen LogP contribution in [0.15, 0.2) is 35.9 Å². The molecule has 126 valence electrons. The molecule has 1 aromatic carbocycles. The first-order valence-corrected chi connectivity index (χ1v) is 9.61. The summed E-state index contributed by atoms with van der Waals surface area (Å²) >= 11 is 1.62. The Labute approximate surface area is 143 Å². The van der Waals surface area contributed by atoms with Crippen LogP contribution in [0.4, 0.5) is 0 Å². The van der Waals surface area contributed by atoms with Crippen molar-refractivity contribution in [2.24, 2.45) is 0 Å². The van der Waals surface area contributed by atoms with Crippen molar-refractivity contribution in [3.05, 3.63) is 41.5 Å². The van der Waals surface area contributed by atoms with E-state index in [1.807, 2.05) is 18.2 Å². The van der Waals surface area contributed by atoms with E-state index in [2.05, 4.69) is 24.4 Å². The summed E-state index contributed by atoms with van der Waals surface area (Å²) in [4.78, 5) is 11.8. The summed E-state index contributed by atoms with van der Waals surface area (Å²) in [5.74, 6) is 2.36. The number of hydrogen-bond acceptors (Lipinski definition) is 3. The standard InChI is InChI=1S/C19H27NO2S/c1-16-6-5-9-18(14-16)22-12-13-23-15-19(21)20-11-10-17-7-3-2-4-8-17/h5-7,9,14H,2-4,8,10-13,15H2,1H3,(H,20,21). The minimum atomic E-state index is 0.127. The Bertz CT molecular complexity index is 528. The van der Waals surface area contributed by atoms with Gasteiger partial charge in [-0.25, -0.2) is 0 Å². The van der Waals surface area contributed by atoms with E-state index in [0.29, 0.717) is 12.4 Å². The first-order valence-electron chi connectivity index (χ1n) is 8.46. The molecule has 0 fully saturated rings. The van der Waals surface area contributed by atoms with Crippen LogP contribution in [0.1, 0.15) is 37.7 Å². The molecule has 0 unspecified atom stereocenters. The largest absolute Gasteiger partial charge is 0.493 e. The van der Waals surface area contributed by atoms with E-state index in [0.717, 1.165) is 24.5 Å². The summed E-state index contributed by atoms with van der Waals surface area (Å²) < 4.78 is 5.67. The zero-order valence-electron chi connectivity index (χ0n) is 14.0. The molecule has 1 aromatic rings. The van der Waals surface area contributed by atoms with Gasteiger partial charge in [0.2, 0.25) is 5.91 Å². The van der Waals surface area contributed by atoms with Crippen molar-refractivity contribution in [1.29, 1.82) is 0 Å². The third-order valence-electron chi connectivity index (χ3n) is 3.87. The zero-order chi connectivity index (χ0) is 16.3. The third-order valence-corrected chi connectivity index (χ3v) is 4.79. The second kappa shape index (κ2) is 10.4. The van der Waals surface area contributed by atoms with Crippen molar-refractivity contribution in [2.45, 2.75) is 39.0 Å². The molecule has 0 saturated carbocycles. The van der Waals surface area contributed by atoms with Crippen molar-refractivity contribution in [3.8, 4) is 5.75 Å². The Morgan fingerprint density at radius 3 is 3.04 bits per heavy atom. The van der Waals surface area contributed by atoms with Gasteiger partial charge in [-0.1, -0.05) is 23.8 Å². The van der Waals surface area contributed by atoms with E-state index in [1.165, 1.54) is 36.8 Å². The van der Waals surface area contributed by atoms with Crippen molar-refractivity contribution in [2.75, 3.05) is 24.7 Å². The van der Waals surface area contributed by atoms with Gasteiger partial charge in [-0.2, -0.15) is 0 Å². The van der Waals surface area contributed by atoms with Crippen LogP contribution in [0.3, 0.4) is 0 Å². The molecule has 0 spiro atoms. The molecule has 1 aliphatic carbocycles. The lowest BCUT2D eigenvalue weighted by molar-refractivity contribution is -0.118. The Hall–Kier alpha value is -1.42. The molecule has 0 saturated heterocycles.